The highest BCUT2D eigenvalue weighted by atomic mass is 16.7. The summed E-state index contributed by atoms with van der Waals surface area (Å²) in [5.41, 5.74) is 0.901. The van der Waals surface area contributed by atoms with E-state index in [2.05, 4.69) is 20.8 Å². The molecule has 0 aliphatic rings. The Bertz CT molecular complexity index is 280. The van der Waals surface area contributed by atoms with Crippen molar-refractivity contribution in [3.63, 3.8) is 0 Å². The predicted molar refractivity (Wildman–Crippen MR) is 61.6 cm³/mol. The van der Waals surface area contributed by atoms with Crippen molar-refractivity contribution in [1.82, 2.24) is 0 Å². The molecule has 2 nitrogen and oxygen atoms in total. The van der Waals surface area contributed by atoms with Crippen molar-refractivity contribution in [3.05, 3.63) is 35.9 Å². The van der Waals surface area contributed by atoms with Gasteiger partial charge in [0.15, 0.2) is 6.29 Å². The van der Waals surface area contributed by atoms with Crippen LogP contribution in [-0.2, 0) is 9.47 Å². The molecule has 1 unspecified atom stereocenters. The normalized spacial score (nSPS) is 13.9. The maximum atomic E-state index is 5.90. The number of hydrogen-bond acceptors (Lipinski definition) is 2. The highest BCUT2D eigenvalue weighted by molar-refractivity contribution is 5.16. The lowest BCUT2D eigenvalue weighted by Gasteiger charge is -2.29. The number of ether oxygens (including phenoxy) is 2. The van der Waals surface area contributed by atoms with Crippen molar-refractivity contribution in [2.24, 2.45) is 0 Å². The van der Waals surface area contributed by atoms with Crippen LogP contribution in [0.25, 0.3) is 0 Å². The first-order chi connectivity index (χ1) is 7.09. The molecular formula is C13H20O2. The third-order valence-electron chi connectivity index (χ3n) is 2.56. The van der Waals surface area contributed by atoms with Crippen LogP contribution in [0.2, 0.25) is 0 Å². The maximum absolute atomic E-state index is 5.90. The zero-order valence-electron chi connectivity index (χ0n) is 9.99. The molecule has 0 aromatic heterocycles. The van der Waals surface area contributed by atoms with Gasteiger partial charge in [-0.1, -0.05) is 37.3 Å². The van der Waals surface area contributed by atoms with Crippen molar-refractivity contribution < 1.29 is 9.47 Å². The Morgan fingerprint density at radius 3 is 2.27 bits per heavy atom. The zero-order chi connectivity index (χ0) is 11.3. The van der Waals surface area contributed by atoms with Gasteiger partial charge in [0, 0.05) is 12.7 Å². The summed E-state index contributed by atoms with van der Waals surface area (Å²) in [6, 6.07) is 9.99. The van der Waals surface area contributed by atoms with Gasteiger partial charge in [-0.05, 0) is 20.3 Å². The Morgan fingerprint density at radius 2 is 1.80 bits per heavy atom. The van der Waals surface area contributed by atoms with Gasteiger partial charge in [0.05, 0.1) is 5.60 Å². The Balaban J connectivity index is 2.73. The lowest BCUT2D eigenvalue weighted by molar-refractivity contribution is -0.193. The summed E-state index contributed by atoms with van der Waals surface area (Å²) in [4.78, 5) is 0. The standard InChI is InChI=1S/C13H20O2/c1-5-13(2,3)15-12(14-4)11-9-7-6-8-10-11/h6-10,12H,5H2,1-4H3. The molecule has 0 aliphatic heterocycles. The van der Waals surface area contributed by atoms with Crippen LogP contribution in [-0.4, -0.2) is 12.7 Å². The number of hydrogen-bond donors (Lipinski definition) is 0. The third-order valence-corrected chi connectivity index (χ3v) is 2.56. The van der Waals surface area contributed by atoms with Gasteiger partial charge in [0.25, 0.3) is 0 Å². The molecule has 0 heterocycles. The largest absolute Gasteiger partial charge is 0.352 e. The van der Waals surface area contributed by atoms with Gasteiger partial charge in [-0.15, -0.1) is 0 Å². The van der Waals surface area contributed by atoms with Gasteiger partial charge in [0.2, 0.25) is 0 Å². The average Bonchev–Trinajstić information content (AvgIpc) is 2.27. The van der Waals surface area contributed by atoms with E-state index < -0.39 is 0 Å². The van der Waals surface area contributed by atoms with E-state index in [1.54, 1.807) is 7.11 Å². The molecule has 1 aromatic carbocycles. The Hall–Kier alpha value is -0.860. The van der Waals surface area contributed by atoms with Gasteiger partial charge >= 0.3 is 0 Å². The predicted octanol–water partition coefficient (Wildman–Crippen LogP) is 3.54. The minimum absolute atomic E-state index is 0.156. The van der Waals surface area contributed by atoms with Crippen LogP contribution in [0, 0.1) is 0 Å². The molecule has 0 amide bonds. The second-order valence-electron chi connectivity index (χ2n) is 4.21. The first kappa shape index (κ1) is 12.2. The van der Waals surface area contributed by atoms with Crippen LogP contribution in [0.5, 0.6) is 0 Å². The quantitative estimate of drug-likeness (QED) is 0.689. The third kappa shape index (κ3) is 3.65. The van der Waals surface area contributed by atoms with Crippen molar-refractivity contribution in [2.45, 2.75) is 39.1 Å². The lowest BCUT2D eigenvalue weighted by atomic mass is 10.1. The van der Waals surface area contributed by atoms with E-state index in [1.165, 1.54) is 0 Å². The molecule has 84 valence electrons. The van der Waals surface area contributed by atoms with Crippen LogP contribution >= 0.6 is 0 Å². The minimum atomic E-state index is -0.277. The molecule has 0 fully saturated rings. The molecule has 1 rings (SSSR count). The fourth-order valence-electron chi connectivity index (χ4n) is 1.24. The van der Waals surface area contributed by atoms with Crippen molar-refractivity contribution in [1.29, 1.82) is 0 Å². The summed E-state index contributed by atoms with van der Waals surface area (Å²) in [7, 11) is 1.67. The summed E-state index contributed by atoms with van der Waals surface area (Å²) in [5, 5.41) is 0. The zero-order valence-corrected chi connectivity index (χ0v) is 9.99. The van der Waals surface area contributed by atoms with Crippen LogP contribution in [0.15, 0.2) is 30.3 Å². The molecule has 15 heavy (non-hydrogen) atoms. The molecular weight excluding hydrogens is 188 g/mol. The van der Waals surface area contributed by atoms with E-state index in [0.717, 1.165) is 12.0 Å². The van der Waals surface area contributed by atoms with Gasteiger partial charge in [-0.3, -0.25) is 0 Å². The van der Waals surface area contributed by atoms with E-state index in [0.29, 0.717) is 0 Å². The summed E-state index contributed by atoms with van der Waals surface area (Å²) < 4.78 is 11.3. The van der Waals surface area contributed by atoms with Gasteiger partial charge < -0.3 is 9.47 Å². The molecule has 0 aliphatic carbocycles. The minimum Gasteiger partial charge on any atom is -0.352 e. The smallest absolute Gasteiger partial charge is 0.184 e. The first-order valence-electron chi connectivity index (χ1n) is 5.34. The average molecular weight is 208 g/mol. The molecule has 0 saturated heterocycles. The summed E-state index contributed by atoms with van der Waals surface area (Å²) in [6.45, 7) is 6.25. The lowest BCUT2D eigenvalue weighted by Crippen LogP contribution is -2.26. The van der Waals surface area contributed by atoms with E-state index in [9.17, 15) is 0 Å². The van der Waals surface area contributed by atoms with Crippen molar-refractivity contribution in [3.8, 4) is 0 Å². The van der Waals surface area contributed by atoms with E-state index in [1.807, 2.05) is 30.3 Å². The summed E-state index contributed by atoms with van der Waals surface area (Å²) >= 11 is 0. The number of rotatable bonds is 5. The van der Waals surface area contributed by atoms with Crippen LogP contribution in [0.4, 0.5) is 0 Å². The topological polar surface area (TPSA) is 18.5 Å². The fourth-order valence-corrected chi connectivity index (χ4v) is 1.24. The molecule has 1 aromatic rings. The monoisotopic (exact) mass is 208 g/mol. The molecule has 0 saturated carbocycles. The molecule has 0 spiro atoms. The highest BCUT2D eigenvalue weighted by Crippen LogP contribution is 2.26. The van der Waals surface area contributed by atoms with Crippen LogP contribution in [0.3, 0.4) is 0 Å². The van der Waals surface area contributed by atoms with Crippen LogP contribution in [0.1, 0.15) is 39.0 Å². The molecule has 0 bridgehead atoms. The van der Waals surface area contributed by atoms with Crippen LogP contribution < -0.4 is 0 Å². The molecule has 2 heteroatoms. The SMILES string of the molecule is CCC(C)(C)OC(OC)c1ccccc1. The number of benzene rings is 1. The second kappa shape index (κ2) is 5.29. The van der Waals surface area contributed by atoms with E-state index >= 15 is 0 Å². The van der Waals surface area contributed by atoms with Gasteiger partial charge in [-0.25, -0.2) is 0 Å². The molecule has 0 N–H and O–H groups in total. The first-order valence-corrected chi connectivity index (χ1v) is 5.34. The van der Waals surface area contributed by atoms with Gasteiger partial charge in [-0.2, -0.15) is 0 Å². The fraction of sp³-hybridized carbons (Fsp3) is 0.538. The maximum Gasteiger partial charge on any atom is 0.184 e. The Labute approximate surface area is 92.2 Å². The number of methoxy groups -OCH3 is 1. The van der Waals surface area contributed by atoms with Gasteiger partial charge in [0.1, 0.15) is 0 Å². The summed E-state index contributed by atoms with van der Waals surface area (Å²) in [5.74, 6) is 0. The Kier molecular flexibility index (Phi) is 4.30. The van der Waals surface area contributed by atoms with E-state index in [4.69, 9.17) is 9.47 Å². The molecule has 0 radical (unpaired) electrons. The summed E-state index contributed by atoms with van der Waals surface area (Å²) in [6.07, 6.45) is 0.681. The molecule has 1 atom stereocenters. The van der Waals surface area contributed by atoms with E-state index in [-0.39, 0.29) is 11.9 Å². The second-order valence-corrected chi connectivity index (χ2v) is 4.21. The highest BCUT2D eigenvalue weighted by Gasteiger charge is 2.22. The van der Waals surface area contributed by atoms with Crippen molar-refractivity contribution >= 4 is 0 Å². The Morgan fingerprint density at radius 1 is 1.20 bits per heavy atom. The van der Waals surface area contributed by atoms with Crippen molar-refractivity contribution in [2.75, 3.05) is 7.11 Å².